The average Bonchev–Trinajstić information content (AvgIpc) is 2.73. The highest BCUT2D eigenvalue weighted by Gasteiger charge is 2.35. The van der Waals surface area contributed by atoms with Crippen molar-refractivity contribution in [2.75, 3.05) is 12.3 Å². The molecule has 1 aliphatic rings. The largest absolute Gasteiger partial charge is 0.417 e. The Morgan fingerprint density at radius 2 is 1.91 bits per heavy atom. The molecule has 0 fully saturated rings. The minimum Gasteiger partial charge on any atom is -0.323 e. The standard InChI is InChI=1S/C21H22ClF3N6OS/c22-17-9-14(30-20(28)31-19(26)27)8-16(21(23,24)25)18(17)13-3-5-15(6-4-13)33(32)11-12-2-1-7-29-10-12/h3-6,8-10,12H,1-2,7,11H2,(H6,26,27,28,30,31)/p+1. The Labute approximate surface area is 196 Å². The number of rotatable bonds is 5. The Hall–Kier alpha value is -2.92. The van der Waals surface area contributed by atoms with Gasteiger partial charge in [-0.1, -0.05) is 23.7 Å². The number of nitrogens with zero attached hydrogens (tertiary/aromatic N) is 2. The first kappa shape index (κ1) is 24.7. The monoisotopic (exact) mass is 499 g/mol. The highest BCUT2D eigenvalue weighted by molar-refractivity contribution is 7.85. The number of guanidine groups is 2. The van der Waals surface area contributed by atoms with E-state index in [2.05, 4.69) is 15.0 Å². The topological polar surface area (TPSA) is 134 Å². The third-order valence-electron chi connectivity index (χ3n) is 4.85. The highest BCUT2D eigenvalue weighted by Crippen LogP contribution is 2.43. The predicted molar refractivity (Wildman–Crippen MR) is 125 cm³/mol. The van der Waals surface area contributed by atoms with Crippen molar-refractivity contribution in [2.45, 2.75) is 23.9 Å². The lowest BCUT2D eigenvalue weighted by Crippen LogP contribution is -2.84. The van der Waals surface area contributed by atoms with Gasteiger partial charge < -0.3 is 17.2 Å². The van der Waals surface area contributed by atoms with E-state index >= 15 is 0 Å². The molecule has 0 spiro atoms. The number of aliphatic imine (C=N–C) groups is 2. The molecule has 0 aromatic heterocycles. The molecular formula is C21H23ClF3N6OS+. The fraction of sp³-hybridized carbons (Fsp3) is 0.286. The zero-order valence-corrected chi connectivity index (χ0v) is 19.0. The van der Waals surface area contributed by atoms with Gasteiger partial charge in [0.2, 0.25) is 0 Å². The average molecular weight is 500 g/mol. The molecule has 2 aromatic rings. The maximum absolute atomic E-state index is 13.9. The summed E-state index contributed by atoms with van der Waals surface area (Å²) < 4.78 is 54.2. The van der Waals surface area contributed by atoms with Crippen LogP contribution in [0.25, 0.3) is 11.1 Å². The Morgan fingerprint density at radius 1 is 1.21 bits per heavy atom. The van der Waals surface area contributed by atoms with E-state index in [1.807, 2.05) is 6.21 Å². The summed E-state index contributed by atoms with van der Waals surface area (Å²) in [5.74, 6) is 0.00226. The summed E-state index contributed by atoms with van der Waals surface area (Å²) >= 11 is 6.24. The van der Waals surface area contributed by atoms with Gasteiger partial charge in [0.05, 0.1) is 21.4 Å². The molecule has 33 heavy (non-hydrogen) atoms. The second-order valence-corrected chi connectivity index (χ2v) is 9.32. The number of halogens is 4. The minimum atomic E-state index is -4.71. The van der Waals surface area contributed by atoms with Gasteiger partial charge in [0.15, 0.2) is 0 Å². The Balaban J connectivity index is 1.94. The third kappa shape index (κ3) is 6.55. The SMILES string of the molecule is NC(=Nc1cc(Cl)c(-c2ccc(S(=O)CC3C=NCCC3)cc2)c(C(F)(F)F)c1)[NH+]=C(N)N. The van der Waals surface area contributed by atoms with Gasteiger partial charge in [0.25, 0.3) is 5.96 Å². The highest BCUT2D eigenvalue weighted by atomic mass is 35.5. The van der Waals surface area contributed by atoms with Gasteiger partial charge in [-0.15, -0.1) is 4.99 Å². The second kappa shape index (κ2) is 10.3. The molecule has 2 aromatic carbocycles. The van der Waals surface area contributed by atoms with Crippen LogP contribution in [0.3, 0.4) is 0 Å². The van der Waals surface area contributed by atoms with Crippen LogP contribution in [-0.4, -0.2) is 34.6 Å². The number of hydrogen-bond donors (Lipinski definition) is 4. The molecule has 0 saturated carbocycles. The van der Waals surface area contributed by atoms with Gasteiger partial charge in [0.1, 0.15) is 5.69 Å². The van der Waals surface area contributed by atoms with Crippen LogP contribution in [0.1, 0.15) is 18.4 Å². The van der Waals surface area contributed by atoms with E-state index in [1.165, 1.54) is 18.2 Å². The zero-order chi connectivity index (χ0) is 24.2. The van der Waals surface area contributed by atoms with Gasteiger partial charge in [-0.3, -0.25) is 9.20 Å². The van der Waals surface area contributed by atoms with Gasteiger partial charge in [-0.05, 0) is 42.7 Å². The van der Waals surface area contributed by atoms with E-state index in [9.17, 15) is 17.4 Å². The van der Waals surface area contributed by atoms with Gasteiger partial charge in [-0.2, -0.15) is 13.2 Å². The Kier molecular flexibility index (Phi) is 7.75. The summed E-state index contributed by atoms with van der Waals surface area (Å²) in [6, 6.07) is 8.13. The van der Waals surface area contributed by atoms with Crippen LogP contribution in [0.4, 0.5) is 18.9 Å². The van der Waals surface area contributed by atoms with Crippen molar-refractivity contribution in [1.82, 2.24) is 0 Å². The van der Waals surface area contributed by atoms with Gasteiger partial charge in [-0.25, -0.2) is 4.99 Å². The minimum absolute atomic E-state index is 0.130. The van der Waals surface area contributed by atoms with Crippen molar-refractivity contribution in [2.24, 2.45) is 33.1 Å². The van der Waals surface area contributed by atoms with Crippen LogP contribution in [0.15, 0.2) is 51.3 Å². The van der Waals surface area contributed by atoms with Crippen LogP contribution in [0.5, 0.6) is 0 Å². The summed E-state index contributed by atoms with van der Waals surface area (Å²) in [5.41, 5.74) is 15.0. The van der Waals surface area contributed by atoms with Crippen LogP contribution in [0.2, 0.25) is 5.02 Å². The van der Waals surface area contributed by atoms with E-state index in [-0.39, 0.29) is 39.7 Å². The maximum Gasteiger partial charge on any atom is 0.417 e. The van der Waals surface area contributed by atoms with E-state index in [1.54, 1.807) is 12.1 Å². The molecule has 0 amide bonds. The normalized spacial score (nSPS) is 17.6. The molecule has 0 saturated heterocycles. The molecule has 0 radical (unpaired) electrons. The molecular weight excluding hydrogens is 477 g/mol. The summed E-state index contributed by atoms with van der Waals surface area (Å²) in [7, 11) is -1.30. The fourth-order valence-corrected chi connectivity index (χ4v) is 5.02. The van der Waals surface area contributed by atoms with Crippen LogP contribution < -0.4 is 22.2 Å². The molecule has 3 rings (SSSR count). The molecule has 2 unspecified atom stereocenters. The first-order chi connectivity index (χ1) is 15.5. The first-order valence-electron chi connectivity index (χ1n) is 9.93. The van der Waals surface area contributed by atoms with Crippen molar-refractivity contribution in [3.8, 4) is 11.1 Å². The molecule has 12 heteroatoms. The quantitative estimate of drug-likeness (QED) is 0.369. The summed E-state index contributed by atoms with van der Waals surface area (Å²) in [6.07, 6.45) is -1.01. The predicted octanol–water partition coefficient (Wildman–Crippen LogP) is 1.91. The van der Waals surface area contributed by atoms with Gasteiger partial charge in [0, 0.05) is 34.9 Å². The third-order valence-corrected chi connectivity index (χ3v) is 6.68. The van der Waals surface area contributed by atoms with Crippen molar-refractivity contribution < 1.29 is 22.4 Å². The molecule has 7 nitrogen and oxygen atoms in total. The van der Waals surface area contributed by atoms with Crippen molar-refractivity contribution in [1.29, 1.82) is 0 Å². The zero-order valence-electron chi connectivity index (χ0n) is 17.4. The van der Waals surface area contributed by atoms with Crippen LogP contribution >= 0.6 is 11.6 Å². The van der Waals surface area contributed by atoms with E-state index in [4.69, 9.17) is 28.8 Å². The van der Waals surface area contributed by atoms with Crippen molar-refractivity contribution in [3.63, 3.8) is 0 Å². The molecule has 1 aliphatic heterocycles. The van der Waals surface area contributed by atoms with Crippen LogP contribution in [-0.2, 0) is 17.0 Å². The summed E-state index contributed by atoms with van der Waals surface area (Å²) in [5, 5.41) is -0.173. The van der Waals surface area contributed by atoms with E-state index in [0.717, 1.165) is 25.5 Å². The molecule has 1 heterocycles. The Bertz CT molecular complexity index is 1130. The maximum atomic E-state index is 13.9. The van der Waals surface area contributed by atoms with E-state index < -0.39 is 22.5 Å². The van der Waals surface area contributed by atoms with Crippen molar-refractivity contribution >= 4 is 46.2 Å². The lowest BCUT2D eigenvalue weighted by Gasteiger charge is -2.16. The van der Waals surface area contributed by atoms with Gasteiger partial charge >= 0.3 is 12.1 Å². The first-order valence-corrected chi connectivity index (χ1v) is 11.6. The molecule has 2 atom stereocenters. The number of nitrogens with two attached hydrogens (primary N) is 3. The Morgan fingerprint density at radius 3 is 2.48 bits per heavy atom. The molecule has 176 valence electrons. The lowest BCUT2D eigenvalue weighted by atomic mass is 9.98. The number of benzene rings is 2. The summed E-state index contributed by atoms with van der Waals surface area (Å²) in [4.78, 5) is 10.9. The van der Waals surface area contributed by atoms with E-state index in [0.29, 0.717) is 10.6 Å². The number of alkyl halides is 3. The lowest BCUT2D eigenvalue weighted by molar-refractivity contribution is -0.320. The second-order valence-electron chi connectivity index (χ2n) is 7.42. The van der Waals surface area contributed by atoms with Crippen LogP contribution in [0, 0.1) is 5.92 Å². The molecule has 0 bridgehead atoms. The fourth-order valence-electron chi connectivity index (χ4n) is 3.42. The smallest absolute Gasteiger partial charge is 0.323 e. The summed E-state index contributed by atoms with van der Waals surface area (Å²) in [6.45, 7) is 0.785. The molecule has 0 aliphatic carbocycles. The van der Waals surface area contributed by atoms with Crippen molar-refractivity contribution in [3.05, 3.63) is 47.0 Å². The number of hydrogen-bond acceptors (Lipinski definition) is 3. The number of nitrogens with one attached hydrogen (secondary N) is 1. The molecule has 7 N–H and O–H groups in total.